The monoisotopic (exact) mass is 1130 g/mol. The maximum absolute atomic E-state index is 16.1. The Morgan fingerprint density at radius 3 is 2.02 bits per heavy atom. The van der Waals surface area contributed by atoms with Gasteiger partial charge in [-0.3, -0.25) is 9.59 Å². The highest BCUT2D eigenvalue weighted by atomic mass is 16.7. The normalized spacial score (nSPS) is 27.7. The highest BCUT2D eigenvalue weighted by Gasteiger charge is 2.77. The average molecular weight is 1130 g/mol. The second-order valence-electron chi connectivity index (χ2n) is 22.6. The smallest absolute Gasteiger partial charge is 0.458 e. The molecule has 0 spiro atoms. The zero-order valence-corrected chi connectivity index (χ0v) is 49.2. The number of hydrogen-bond donors (Lipinski definition) is 3. The van der Waals surface area contributed by atoms with Gasteiger partial charge < -0.3 is 53.4 Å². The van der Waals surface area contributed by atoms with E-state index in [0.29, 0.717) is 24.0 Å². The standard InChI is InChI=1S/C57H69NO17.C4H8.C2H6/c1-32(2)42(58-50(64)75-53(5,6)7)44(72-52(66)69-31-36-22-16-12-17-23-36)49(63)70-39-29-57(67)47(73-48(62)37-24-18-13-19-25-37)45-55(10,40(60)28-38-26-27-56(38,45)74-34(4)59)46(61)43(41(33(39)3)54(57,8)9)71-51(65)68-30-35-20-14-11-15-21-35;1-3-4-2;1-2/h12-14,16-25,38-40,42-45,47,60,67H,1,11,15,26-31H2,2-10H3,(H,58,64);3-4H,1-2H3;1-2H3/b;4-3-;/t38?,39-,40?,42-,43?,44+,45?,47-,55?,56-,57?;;/m0../s1. The quantitative estimate of drug-likeness (QED) is 0.0904. The summed E-state index contributed by atoms with van der Waals surface area (Å²) in [6, 6.07) is 14.9. The van der Waals surface area contributed by atoms with Crippen LogP contribution < -0.4 is 5.32 Å². The zero-order valence-electron chi connectivity index (χ0n) is 49.2. The third-order valence-corrected chi connectivity index (χ3v) is 15.9. The molecular formula is C63H83NO17. The van der Waals surface area contributed by atoms with Gasteiger partial charge in [0, 0.05) is 24.7 Å². The van der Waals surface area contributed by atoms with Crippen LogP contribution in [0.2, 0.25) is 0 Å². The molecule has 18 heteroatoms. The fourth-order valence-corrected chi connectivity index (χ4v) is 11.6. The predicted octanol–water partition coefficient (Wildman–Crippen LogP) is 10.9. The lowest BCUT2D eigenvalue weighted by molar-refractivity contribution is -0.296. The molecule has 2 aromatic carbocycles. The Hall–Kier alpha value is -7.05. The van der Waals surface area contributed by atoms with Crippen LogP contribution in [0.3, 0.4) is 0 Å². The number of rotatable bonds is 14. The van der Waals surface area contributed by atoms with Crippen molar-refractivity contribution < 1.29 is 81.7 Å². The van der Waals surface area contributed by atoms with Crippen LogP contribution in [-0.4, -0.2) is 112 Å². The van der Waals surface area contributed by atoms with Gasteiger partial charge in [0.15, 0.2) is 11.9 Å². The van der Waals surface area contributed by atoms with Crippen molar-refractivity contribution >= 4 is 42.1 Å². The molecule has 18 nitrogen and oxygen atoms in total. The Bertz CT molecular complexity index is 2730. The molecule has 3 fully saturated rings. The molecule has 3 N–H and O–H groups in total. The van der Waals surface area contributed by atoms with E-state index in [1.165, 1.54) is 39.8 Å². The Balaban J connectivity index is 0.00000192. The summed E-state index contributed by atoms with van der Waals surface area (Å²) >= 11 is 0. The van der Waals surface area contributed by atoms with Gasteiger partial charge in [0.05, 0.1) is 23.0 Å². The van der Waals surface area contributed by atoms with Crippen LogP contribution in [0.25, 0.3) is 0 Å². The third kappa shape index (κ3) is 14.4. The van der Waals surface area contributed by atoms with Crippen molar-refractivity contribution in [1.82, 2.24) is 5.32 Å². The number of allylic oxidation sites excluding steroid dienone is 4. The molecule has 0 aliphatic heterocycles. The van der Waals surface area contributed by atoms with Gasteiger partial charge in [-0.05, 0) is 122 Å². The molecule has 0 aromatic heterocycles. The summed E-state index contributed by atoms with van der Waals surface area (Å²) in [4.78, 5) is 100. The zero-order chi connectivity index (χ0) is 60.3. The fraction of sp³-hybridized carbons (Fsp3) is 0.540. The second-order valence-corrected chi connectivity index (χ2v) is 22.6. The van der Waals surface area contributed by atoms with Gasteiger partial charge >= 0.3 is 36.3 Å². The van der Waals surface area contributed by atoms with E-state index in [0.717, 1.165) is 6.42 Å². The number of fused-ring (bicyclic) bond motifs is 5. The molecule has 1 amide bonds. The van der Waals surface area contributed by atoms with E-state index >= 15 is 9.59 Å². The number of carbonyl (C=O) groups is 7. The first kappa shape index (κ1) is 64.8. The maximum atomic E-state index is 16.1. The van der Waals surface area contributed by atoms with Crippen LogP contribution in [0.5, 0.6) is 0 Å². The lowest BCUT2D eigenvalue weighted by Gasteiger charge is -2.68. The van der Waals surface area contributed by atoms with Crippen LogP contribution in [0.15, 0.2) is 120 Å². The van der Waals surface area contributed by atoms with E-state index in [-0.39, 0.29) is 48.3 Å². The van der Waals surface area contributed by atoms with Crippen molar-refractivity contribution in [1.29, 1.82) is 0 Å². The molecule has 5 aliphatic rings. The van der Waals surface area contributed by atoms with Gasteiger partial charge in [0.1, 0.15) is 48.3 Å². The van der Waals surface area contributed by atoms with E-state index in [1.54, 1.807) is 89.2 Å². The predicted molar refractivity (Wildman–Crippen MR) is 300 cm³/mol. The molecule has 442 valence electrons. The Morgan fingerprint density at radius 1 is 0.864 bits per heavy atom. The summed E-state index contributed by atoms with van der Waals surface area (Å²) in [5, 5.41) is 29.1. The van der Waals surface area contributed by atoms with Gasteiger partial charge in [-0.15, -0.1) is 0 Å². The third-order valence-electron chi connectivity index (χ3n) is 15.9. The van der Waals surface area contributed by atoms with E-state index in [4.69, 9.17) is 37.9 Å². The summed E-state index contributed by atoms with van der Waals surface area (Å²) in [6.07, 6.45) is -1.77. The number of esters is 3. The van der Waals surface area contributed by atoms with Crippen LogP contribution in [0.4, 0.5) is 14.4 Å². The number of benzene rings is 2. The van der Waals surface area contributed by atoms with Crippen molar-refractivity contribution in [3.8, 4) is 0 Å². The van der Waals surface area contributed by atoms with Gasteiger partial charge in [-0.1, -0.05) is 119 Å². The lowest BCUT2D eigenvalue weighted by atomic mass is 9.41. The summed E-state index contributed by atoms with van der Waals surface area (Å²) < 4.78 is 47.5. The van der Waals surface area contributed by atoms with Crippen molar-refractivity contribution in [3.63, 3.8) is 0 Å². The van der Waals surface area contributed by atoms with Crippen LogP contribution in [0, 0.1) is 22.7 Å². The molecule has 0 heterocycles. The first-order chi connectivity index (χ1) is 38.1. The average Bonchev–Trinajstić information content (AvgIpc) is 3.62. The largest absolute Gasteiger partial charge is 0.509 e. The molecular weight excluding hydrogens is 1040 g/mol. The highest BCUT2D eigenvalue weighted by Crippen LogP contribution is 2.67. The first-order valence-electron chi connectivity index (χ1n) is 27.8. The number of Topliss-reactive ketones (excluding diaryl/α,β-unsaturated/α-hetero) is 1. The molecule has 3 saturated carbocycles. The number of carbonyl (C=O) groups excluding carboxylic acids is 7. The van der Waals surface area contributed by atoms with E-state index < -0.39 is 125 Å². The van der Waals surface area contributed by atoms with Crippen LogP contribution >= 0.6 is 0 Å². The number of ether oxygens (including phenoxy) is 8. The second kappa shape index (κ2) is 27.1. The number of alkyl carbamates (subject to hydrolysis) is 1. The summed E-state index contributed by atoms with van der Waals surface area (Å²) in [6.45, 7) is 25.0. The number of ketones is 1. The van der Waals surface area contributed by atoms with Crippen LogP contribution in [-0.2, 0) is 58.9 Å². The van der Waals surface area contributed by atoms with E-state index in [1.807, 2.05) is 52.0 Å². The molecule has 2 aromatic rings. The minimum atomic E-state index is -2.48. The van der Waals surface area contributed by atoms with Crippen LogP contribution in [0.1, 0.15) is 144 Å². The summed E-state index contributed by atoms with van der Waals surface area (Å²) in [7, 11) is 0. The Kier molecular flexibility index (Phi) is 21.7. The minimum absolute atomic E-state index is 0.0529. The fourth-order valence-electron chi connectivity index (χ4n) is 11.6. The molecule has 6 unspecified atom stereocenters. The molecule has 0 saturated heterocycles. The van der Waals surface area contributed by atoms with Gasteiger partial charge in [-0.2, -0.15) is 0 Å². The molecule has 11 atom stereocenters. The van der Waals surface area contributed by atoms with Crippen molar-refractivity contribution in [2.24, 2.45) is 22.7 Å². The highest BCUT2D eigenvalue weighted by molar-refractivity contribution is 5.95. The molecule has 0 radical (unpaired) electrons. The molecule has 2 bridgehead atoms. The first-order valence-corrected chi connectivity index (χ1v) is 27.8. The van der Waals surface area contributed by atoms with E-state index in [9.17, 15) is 34.2 Å². The number of aliphatic hydroxyl groups excluding tert-OH is 1. The minimum Gasteiger partial charge on any atom is -0.458 e. The number of amides is 1. The summed E-state index contributed by atoms with van der Waals surface area (Å²) in [5.41, 5.74) is -7.63. The number of nitrogens with one attached hydrogen (secondary N) is 1. The van der Waals surface area contributed by atoms with Gasteiger partial charge in [0.25, 0.3) is 0 Å². The van der Waals surface area contributed by atoms with Crippen molar-refractivity contribution in [2.45, 2.75) is 189 Å². The SMILES string of the molecule is C/C=C\C.C=C(C)[C@H](NC(=O)OC(C)(C)C)[C@@H](OC(=O)OCc1ccccc1)C(=O)O[C@H]1CC2(O)[C@@H](OC(=O)c3ccccc3)C3C(C)(C(=O)C(OC(=O)OCC4=CCCC=C4)C(=C1C)C2(C)C)C(O)CC1CC[C@]13OC(C)=O.CC. The van der Waals surface area contributed by atoms with Crippen molar-refractivity contribution in [3.05, 3.63) is 131 Å². The Labute approximate surface area is 476 Å². The van der Waals surface area contributed by atoms with Crippen molar-refractivity contribution in [2.75, 3.05) is 6.61 Å². The maximum Gasteiger partial charge on any atom is 0.509 e. The molecule has 7 rings (SSSR count). The lowest BCUT2D eigenvalue weighted by Crippen LogP contribution is -2.78. The molecule has 81 heavy (non-hydrogen) atoms. The van der Waals surface area contributed by atoms with E-state index in [2.05, 4.69) is 11.9 Å². The van der Waals surface area contributed by atoms with Gasteiger partial charge in [-0.25, -0.2) is 24.0 Å². The summed E-state index contributed by atoms with van der Waals surface area (Å²) in [5.74, 6) is -6.05. The number of hydrogen-bond acceptors (Lipinski definition) is 17. The Morgan fingerprint density at radius 2 is 1.48 bits per heavy atom. The molecule has 5 aliphatic carbocycles. The van der Waals surface area contributed by atoms with Gasteiger partial charge in [0.2, 0.25) is 6.10 Å². The number of aliphatic hydroxyl groups is 2. The topological polar surface area (TPSA) is 246 Å².